The molecule has 0 saturated carbocycles. The Morgan fingerprint density at radius 2 is 2.11 bits per heavy atom. The lowest BCUT2D eigenvalue weighted by molar-refractivity contribution is 1.12. The second-order valence-electron chi connectivity index (χ2n) is 5.07. The summed E-state index contributed by atoms with van der Waals surface area (Å²) in [6.45, 7) is 2.03. The highest BCUT2D eigenvalue weighted by atomic mass is 32.2. The molecular formula is C15H17N3S. The van der Waals surface area contributed by atoms with Crippen molar-refractivity contribution < 1.29 is 0 Å². The van der Waals surface area contributed by atoms with Gasteiger partial charge in [0.1, 0.15) is 0 Å². The maximum atomic E-state index is 6.00. The van der Waals surface area contributed by atoms with E-state index in [9.17, 15) is 0 Å². The van der Waals surface area contributed by atoms with Crippen LogP contribution >= 0.6 is 11.8 Å². The lowest BCUT2D eigenvalue weighted by Gasteiger charge is -2.25. The van der Waals surface area contributed by atoms with Crippen LogP contribution in [0, 0.1) is 0 Å². The van der Waals surface area contributed by atoms with Gasteiger partial charge in [-0.15, -0.1) is 11.8 Å². The van der Waals surface area contributed by atoms with Gasteiger partial charge in [0.25, 0.3) is 0 Å². The average molecular weight is 271 g/mol. The normalized spacial score (nSPS) is 20.8. The van der Waals surface area contributed by atoms with Gasteiger partial charge >= 0.3 is 0 Å². The Labute approximate surface area is 117 Å². The molecule has 2 N–H and O–H groups in total. The van der Waals surface area contributed by atoms with E-state index in [0.29, 0.717) is 0 Å². The number of nitrogens with two attached hydrogens (primary N) is 1. The highest BCUT2D eigenvalue weighted by Gasteiger charge is 2.24. The minimum Gasteiger partial charge on any atom is -0.399 e. The molecule has 0 amide bonds. The Balaban J connectivity index is 2.05. The zero-order valence-corrected chi connectivity index (χ0v) is 12.2. The van der Waals surface area contributed by atoms with E-state index in [1.54, 1.807) is 0 Å². The minimum atomic E-state index is 0.244. The summed E-state index contributed by atoms with van der Waals surface area (Å²) in [5, 5.41) is 0.244. The van der Waals surface area contributed by atoms with Crippen molar-refractivity contribution in [2.24, 2.45) is 10.7 Å². The van der Waals surface area contributed by atoms with Crippen molar-refractivity contribution in [2.45, 2.75) is 17.1 Å². The predicted molar refractivity (Wildman–Crippen MR) is 83.5 cm³/mol. The third-order valence-corrected chi connectivity index (χ3v) is 4.62. The third kappa shape index (κ3) is 2.16. The van der Waals surface area contributed by atoms with Crippen LogP contribution in [-0.4, -0.2) is 25.1 Å². The molecule has 1 atom stereocenters. The number of rotatable bonds is 1. The molecule has 1 unspecified atom stereocenters. The molecular weight excluding hydrogens is 254 g/mol. The molecule has 3 nitrogen and oxygen atoms in total. The first-order valence-electron chi connectivity index (χ1n) is 6.27. The van der Waals surface area contributed by atoms with Crippen LogP contribution in [-0.2, 0) is 0 Å². The fourth-order valence-corrected chi connectivity index (χ4v) is 3.35. The van der Waals surface area contributed by atoms with Crippen molar-refractivity contribution in [3.8, 4) is 0 Å². The van der Waals surface area contributed by atoms with E-state index in [1.165, 1.54) is 10.6 Å². The van der Waals surface area contributed by atoms with Gasteiger partial charge in [0.05, 0.1) is 16.6 Å². The zero-order chi connectivity index (χ0) is 13.6. The molecule has 4 heteroatoms. The molecule has 0 aromatic heterocycles. The van der Waals surface area contributed by atoms with Crippen molar-refractivity contribution in [3.63, 3.8) is 0 Å². The van der Waals surface area contributed by atoms with Crippen LogP contribution in [0.1, 0.15) is 6.92 Å². The van der Waals surface area contributed by atoms with E-state index in [4.69, 9.17) is 10.7 Å². The summed E-state index contributed by atoms with van der Waals surface area (Å²) in [4.78, 5) is 8.08. The van der Waals surface area contributed by atoms with Crippen LogP contribution in [0.4, 0.5) is 11.4 Å². The maximum absolute atomic E-state index is 6.00. The second kappa shape index (κ2) is 4.46. The van der Waals surface area contributed by atoms with Crippen LogP contribution in [0.3, 0.4) is 0 Å². The number of aliphatic imine (C=N–C) groups is 1. The number of hydrogen-bond acceptors (Lipinski definition) is 4. The first kappa shape index (κ1) is 12.4. The topological polar surface area (TPSA) is 41.6 Å². The standard InChI is InChI=1S/C15H17N3S/c1-9-6-13-15(8-11(9)16)19-14-7-10(18(2)3)4-5-12(14)17-13/h4-8,15H,16H2,1-3H3. The van der Waals surface area contributed by atoms with Gasteiger partial charge in [-0.25, -0.2) is 0 Å². The Morgan fingerprint density at radius 3 is 2.84 bits per heavy atom. The van der Waals surface area contributed by atoms with Crippen molar-refractivity contribution in [2.75, 3.05) is 19.0 Å². The average Bonchev–Trinajstić information content (AvgIpc) is 2.37. The molecule has 1 aliphatic heterocycles. The molecule has 0 bridgehead atoms. The Morgan fingerprint density at radius 1 is 1.32 bits per heavy atom. The molecule has 3 rings (SSSR count). The van der Waals surface area contributed by atoms with Gasteiger partial charge in [-0.2, -0.15) is 0 Å². The molecule has 0 radical (unpaired) electrons. The summed E-state index contributed by atoms with van der Waals surface area (Å²) in [5.41, 5.74) is 11.3. The molecule has 1 aliphatic carbocycles. The monoisotopic (exact) mass is 271 g/mol. The molecule has 0 fully saturated rings. The van der Waals surface area contributed by atoms with Gasteiger partial charge in [0.2, 0.25) is 0 Å². The van der Waals surface area contributed by atoms with Gasteiger partial charge in [-0.3, -0.25) is 4.99 Å². The van der Waals surface area contributed by atoms with Crippen molar-refractivity contribution >= 4 is 28.8 Å². The third-order valence-electron chi connectivity index (χ3n) is 3.41. The van der Waals surface area contributed by atoms with Crippen LogP contribution in [0.2, 0.25) is 0 Å². The lowest BCUT2D eigenvalue weighted by Crippen LogP contribution is -2.22. The van der Waals surface area contributed by atoms with Gasteiger partial charge in [0.15, 0.2) is 0 Å². The summed E-state index contributed by atoms with van der Waals surface area (Å²) in [5.74, 6) is 0. The fourth-order valence-electron chi connectivity index (χ4n) is 2.20. The summed E-state index contributed by atoms with van der Waals surface area (Å²) in [6, 6.07) is 6.38. The highest BCUT2D eigenvalue weighted by Crippen LogP contribution is 2.42. The maximum Gasteiger partial charge on any atom is 0.0771 e. The van der Waals surface area contributed by atoms with Crippen molar-refractivity contribution in [3.05, 3.63) is 41.6 Å². The number of allylic oxidation sites excluding steroid dienone is 2. The number of hydrogen-bond donors (Lipinski definition) is 1. The Kier molecular flexibility index (Phi) is 2.90. The van der Waals surface area contributed by atoms with Crippen LogP contribution < -0.4 is 10.6 Å². The number of nitrogens with zero attached hydrogens (tertiary/aromatic N) is 2. The molecule has 1 aromatic rings. The van der Waals surface area contributed by atoms with Gasteiger partial charge in [-0.1, -0.05) is 0 Å². The first-order valence-corrected chi connectivity index (χ1v) is 7.15. The quantitative estimate of drug-likeness (QED) is 0.853. The smallest absolute Gasteiger partial charge is 0.0771 e. The van der Waals surface area contributed by atoms with Crippen molar-refractivity contribution in [1.82, 2.24) is 0 Å². The number of anilines is 1. The predicted octanol–water partition coefficient (Wildman–Crippen LogP) is 3.10. The summed E-state index contributed by atoms with van der Waals surface area (Å²) >= 11 is 1.82. The molecule has 1 aromatic carbocycles. The number of benzene rings is 1. The Hall–Kier alpha value is -1.68. The van der Waals surface area contributed by atoms with Crippen LogP contribution in [0.5, 0.6) is 0 Å². The SMILES string of the molecule is CC1=CC2=Nc3ccc(N(C)C)cc3SC2C=C1N. The van der Waals surface area contributed by atoms with E-state index >= 15 is 0 Å². The summed E-state index contributed by atoms with van der Waals surface area (Å²) in [6.07, 6.45) is 4.19. The first-order chi connectivity index (χ1) is 9.04. The van der Waals surface area contributed by atoms with E-state index in [1.807, 2.05) is 18.7 Å². The van der Waals surface area contributed by atoms with E-state index < -0.39 is 0 Å². The van der Waals surface area contributed by atoms with Gasteiger partial charge in [0, 0.05) is 30.4 Å². The summed E-state index contributed by atoms with van der Waals surface area (Å²) < 4.78 is 0. The fraction of sp³-hybridized carbons (Fsp3) is 0.267. The van der Waals surface area contributed by atoms with Crippen LogP contribution in [0.25, 0.3) is 0 Å². The Bertz CT molecular complexity index is 626. The highest BCUT2D eigenvalue weighted by molar-refractivity contribution is 8.01. The lowest BCUT2D eigenvalue weighted by atomic mass is 10.0. The van der Waals surface area contributed by atoms with E-state index in [2.05, 4.69) is 49.3 Å². The molecule has 19 heavy (non-hydrogen) atoms. The molecule has 98 valence electrons. The molecule has 1 heterocycles. The number of thioether (sulfide) groups is 1. The van der Waals surface area contributed by atoms with Crippen LogP contribution in [0.15, 0.2) is 51.5 Å². The van der Waals surface area contributed by atoms with Gasteiger partial charge in [-0.05, 0) is 42.8 Å². The summed E-state index contributed by atoms with van der Waals surface area (Å²) in [7, 11) is 4.10. The van der Waals surface area contributed by atoms with Crippen molar-refractivity contribution in [1.29, 1.82) is 0 Å². The second-order valence-corrected chi connectivity index (χ2v) is 6.25. The van der Waals surface area contributed by atoms with E-state index in [0.717, 1.165) is 22.7 Å². The van der Waals surface area contributed by atoms with E-state index in [-0.39, 0.29) is 5.25 Å². The molecule has 0 spiro atoms. The zero-order valence-electron chi connectivity index (χ0n) is 11.3. The molecule has 2 aliphatic rings. The number of fused-ring (bicyclic) bond motifs is 2. The van der Waals surface area contributed by atoms with Gasteiger partial charge < -0.3 is 10.6 Å². The molecule has 0 saturated heterocycles. The largest absolute Gasteiger partial charge is 0.399 e. The minimum absolute atomic E-state index is 0.244.